The summed E-state index contributed by atoms with van der Waals surface area (Å²) in [6.45, 7) is 6.45. The zero-order valence-electron chi connectivity index (χ0n) is 16.9. The lowest BCUT2D eigenvalue weighted by molar-refractivity contribution is -0.188. The number of nitrogens with zero attached hydrogens (tertiary/aromatic N) is 1. The monoisotopic (exact) mass is 383 g/mol. The van der Waals surface area contributed by atoms with Crippen LogP contribution in [0.2, 0.25) is 12.6 Å². The van der Waals surface area contributed by atoms with E-state index < -0.39 is 8.07 Å². The minimum absolute atomic E-state index is 0.182. The van der Waals surface area contributed by atoms with Crippen LogP contribution in [0.4, 0.5) is 0 Å². The molecule has 0 N–H and O–H groups in total. The van der Waals surface area contributed by atoms with Crippen molar-refractivity contribution in [3.05, 3.63) is 60.7 Å². The summed E-state index contributed by atoms with van der Waals surface area (Å²) in [5.74, 6) is 0. The number of ether oxygens (including phenoxy) is 1. The largest absolute Gasteiger partial charge is 0.380 e. The van der Waals surface area contributed by atoms with Crippen molar-refractivity contribution >= 4 is 18.4 Å². The van der Waals surface area contributed by atoms with Crippen LogP contribution in [0.25, 0.3) is 0 Å². The Kier molecular flexibility index (Phi) is 7.24. The van der Waals surface area contributed by atoms with Crippen molar-refractivity contribution in [3.8, 4) is 0 Å². The molecule has 0 amide bonds. The van der Waals surface area contributed by atoms with Crippen LogP contribution in [-0.4, -0.2) is 45.5 Å². The Bertz CT molecular complexity index is 640. The summed E-state index contributed by atoms with van der Waals surface area (Å²) in [5, 5.41) is 5.14. The van der Waals surface area contributed by atoms with Crippen molar-refractivity contribution in [2.24, 2.45) is 0 Å². The lowest BCUT2D eigenvalue weighted by Gasteiger charge is -2.37. The van der Waals surface area contributed by atoms with Crippen molar-refractivity contribution < 1.29 is 9.57 Å². The van der Waals surface area contributed by atoms with Crippen molar-refractivity contribution in [2.45, 2.75) is 50.9 Å². The fraction of sp³-hybridized carbons (Fsp3) is 0.478. The summed E-state index contributed by atoms with van der Waals surface area (Å²) in [6.07, 6.45) is 3.56. The highest BCUT2D eigenvalue weighted by atomic mass is 28.3. The molecule has 0 spiro atoms. The fourth-order valence-electron chi connectivity index (χ4n) is 4.30. The molecule has 2 aromatic carbocycles. The normalized spacial score (nSPS) is 19.3. The minimum atomic E-state index is -1.92. The summed E-state index contributed by atoms with van der Waals surface area (Å²) >= 11 is 0. The van der Waals surface area contributed by atoms with Crippen LogP contribution < -0.4 is 10.4 Å². The third kappa shape index (κ3) is 4.69. The van der Waals surface area contributed by atoms with Crippen LogP contribution in [0.3, 0.4) is 0 Å². The molecular formula is C23H33NO2Si. The molecule has 4 heteroatoms. The van der Waals surface area contributed by atoms with Gasteiger partial charge >= 0.3 is 0 Å². The van der Waals surface area contributed by atoms with Gasteiger partial charge in [0.05, 0.1) is 18.8 Å². The number of hydrogen-bond acceptors (Lipinski definition) is 3. The van der Waals surface area contributed by atoms with Crippen LogP contribution >= 0.6 is 0 Å². The molecule has 0 bridgehead atoms. The lowest BCUT2D eigenvalue weighted by Crippen LogP contribution is -2.59. The highest BCUT2D eigenvalue weighted by molar-refractivity contribution is 7.01. The number of benzene rings is 2. The molecule has 0 radical (unpaired) electrons. The molecule has 3 nitrogen and oxygen atoms in total. The third-order valence-electron chi connectivity index (χ3n) is 5.87. The molecule has 1 heterocycles. The Labute approximate surface area is 165 Å². The molecule has 27 heavy (non-hydrogen) atoms. The Morgan fingerprint density at radius 2 is 1.63 bits per heavy atom. The standard InChI is InChI=1S/C23H33NO2Si/c1-4-18-26-24-17-11-16-22(24)23(25-2)19-27(3,20-12-7-5-8-13-20)21-14-9-6-10-15-21/h5-10,12-15,22-23H,4,11,16-19H2,1-3H3/t22-,23+/m1/s1. The molecule has 1 saturated heterocycles. The van der Waals surface area contributed by atoms with Gasteiger partial charge in [-0.1, -0.05) is 84.5 Å². The molecule has 3 rings (SSSR count). The van der Waals surface area contributed by atoms with Gasteiger partial charge in [-0.3, -0.25) is 4.84 Å². The summed E-state index contributed by atoms with van der Waals surface area (Å²) in [4.78, 5) is 6.04. The van der Waals surface area contributed by atoms with E-state index in [9.17, 15) is 0 Å². The van der Waals surface area contributed by atoms with E-state index >= 15 is 0 Å². The van der Waals surface area contributed by atoms with Crippen LogP contribution in [0.1, 0.15) is 26.2 Å². The van der Waals surface area contributed by atoms with E-state index in [0.717, 1.165) is 32.0 Å². The molecule has 1 aliphatic heterocycles. The van der Waals surface area contributed by atoms with Crippen LogP contribution in [-0.2, 0) is 9.57 Å². The first-order chi connectivity index (χ1) is 13.2. The molecular weight excluding hydrogens is 350 g/mol. The quantitative estimate of drug-likeness (QED) is 0.616. The van der Waals surface area contributed by atoms with E-state index in [2.05, 4.69) is 79.2 Å². The van der Waals surface area contributed by atoms with E-state index in [-0.39, 0.29) is 6.10 Å². The van der Waals surface area contributed by atoms with Gasteiger partial charge in [-0.2, -0.15) is 5.06 Å². The Morgan fingerprint density at radius 3 is 2.15 bits per heavy atom. The van der Waals surface area contributed by atoms with E-state index in [1.165, 1.54) is 16.8 Å². The second-order valence-corrected chi connectivity index (χ2v) is 12.0. The summed E-state index contributed by atoms with van der Waals surface area (Å²) < 4.78 is 6.10. The minimum Gasteiger partial charge on any atom is -0.380 e. The molecule has 1 fully saturated rings. The molecule has 2 aromatic rings. The van der Waals surface area contributed by atoms with Gasteiger partial charge in [0.25, 0.3) is 0 Å². The maximum atomic E-state index is 6.10. The van der Waals surface area contributed by atoms with E-state index in [1.807, 2.05) is 7.11 Å². The Morgan fingerprint density at radius 1 is 1.04 bits per heavy atom. The molecule has 0 unspecified atom stereocenters. The molecule has 146 valence electrons. The van der Waals surface area contributed by atoms with Crippen molar-refractivity contribution in [1.29, 1.82) is 0 Å². The Balaban J connectivity index is 1.89. The van der Waals surface area contributed by atoms with Gasteiger partial charge in [0.1, 0.15) is 8.07 Å². The van der Waals surface area contributed by atoms with Crippen molar-refractivity contribution in [2.75, 3.05) is 20.3 Å². The predicted molar refractivity (Wildman–Crippen MR) is 115 cm³/mol. The molecule has 1 aliphatic rings. The van der Waals surface area contributed by atoms with Gasteiger partial charge in [-0.25, -0.2) is 0 Å². The highest BCUT2D eigenvalue weighted by Gasteiger charge is 2.40. The molecule has 2 atom stereocenters. The van der Waals surface area contributed by atoms with Gasteiger partial charge in [0, 0.05) is 13.7 Å². The number of hydrogen-bond donors (Lipinski definition) is 0. The van der Waals surface area contributed by atoms with E-state index in [4.69, 9.17) is 9.57 Å². The van der Waals surface area contributed by atoms with Crippen LogP contribution in [0.15, 0.2) is 60.7 Å². The average molecular weight is 384 g/mol. The fourth-order valence-corrected chi connectivity index (χ4v) is 8.20. The van der Waals surface area contributed by atoms with Crippen molar-refractivity contribution in [1.82, 2.24) is 5.06 Å². The summed E-state index contributed by atoms with van der Waals surface area (Å²) in [6, 6.07) is 23.5. The number of hydroxylamine groups is 2. The Hall–Kier alpha value is -1.46. The zero-order valence-corrected chi connectivity index (χ0v) is 17.9. The van der Waals surface area contributed by atoms with E-state index in [1.54, 1.807) is 0 Å². The highest BCUT2D eigenvalue weighted by Crippen LogP contribution is 2.27. The predicted octanol–water partition coefficient (Wildman–Crippen LogP) is 3.70. The van der Waals surface area contributed by atoms with Crippen LogP contribution in [0.5, 0.6) is 0 Å². The first-order valence-corrected chi connectivity index (χ1v) is 12.9. The first kappa shape index (κ1) is 20.3. The summed E-state index contributed by atoms with van der Waals surface area (Å²) in [5.41, 5.74) is 0. The average Bonchev–Trinajstić information content (AvgIpc) is 3.20. The lowest BCUT2D eigenvalue weighted by atomic mass is 10.1. The van der Waals surface area contributed by atoms with Gasteiger partial charge in [0.15, 0.2) is 0 Å². The zero-order chi connectivity index (χ0) is 19.1. The second-order valence-electron chi connectivity index (χ2n) is 7.73. The van der Waals surface area contributed by atoms with Gasteiger partial charge in [-0.15, -0.1) is 0 Å². The molecule has 0 aliphatic carbocycles. The third-order valence-corrected chi connectivity index (χ3v) is 10.3. The first-order valence-electron chi connectivity index (χ1n) is 10.2. The maximum Gasteiger partial charge on any atom is 0.117 e. The van der Waals surface area contributed by atoms with Crippen molar-refractivity contribution in [3.63, 3.8) is 0 Å². The van der Waals surface area contributed by atoms with Gasteiger partial charge < -0.3 is 4.74 Å². The van der Waals surface area contributed by atoms with E-state index in [0.29, 0.717) is 6.04 Å². The number of methoxy groups -OCH3 is 1. The topological polar surface area (TPSA) is 21.7 Å². The van der Waals surface area contributed by atoms with Crippen LogP contribution in [0, 0.1) is 0 Å². The smallest absolute Gasteiger partial charge is 0.117 e. The maximum absolute atomic E-state index is 6.10. The molecule has 0 saturated carbocycles. The van der Waals surface area contributed by atoms with Gasteiger partial charge in [0.2, 0.25) is 0 Å². The number of rotatable bonds is 9. The SMILES string of the molecule is CCCON1CCC[C@@H]1[C@H](C[Si](C)(c1ccccc1)c1ccccc1)OC. The van der Waals surface area contributed by atoms with Gasteiger partial charge in [-0.05, 0) is 25.3 Å². The second kappa shape index (κ2) is 9.65. The summed E-state index contributed by atoms with van der Waals surface area (Å²) in [7, 11) is -0.0544. The molecule has 0 aromatic heterocycles.